The van der Waals surface area contributed by atoms with Crippen LogP contribution in [0.2, 0.25) is 0 Å². The van der Waals surface area contributed by atoms with E-state index in [9.17, 15) is 10.2 Å². The lowest BCUT2D eigenvalue weighted by atomic mass is 9.66. The van der Waals surface area contributed by atoms with Crippen molar-refractivity contribution in [3.63, 3.8) is 0 Å². The van der Waals surface area contributed by atoms with Gasteiger partial charge in [-0.05, 0) is 150 Å². The van der Waals surface area contributed by atoms with Gasteiger partial charge in [-0.1, -0.05) is 145 Å². The monoisotopic (exact) mass is 890 g/mol. The van der Waals surface area contributed by atoms with E-state index >= 15 is 0 Å². The standard InChI is InChI=1S/C64H42O5/c1-3-37-67-45-29-31-51-53(39-45)59(33-35-61(51)65)63(55-17-9-5-13-47(55)48-14-6-10-18-56(48)63)41-21-25-43(26-22-41)69-44-27-23-42(24-28-44)64(57-19-11-7-15-49(57)50-16-8-12-20-58(50)64)60-34-36-62(66)52-32-30-46(40-54(52)60)68-38-4-2/h1-2,5-36,39-40,65-66H,37-38H2. The summed E-state index contributed by atoms with van der Waals surface area (Å²) >= 11 is 0. The second kappa shape index (κ2) is 16.3. The molecule has 0 atom stereocenters. The molecule has 0 radical (unpaired) electrons. The van der Waals surface area contributed by atoms with Crippen molar-refractivity contribution in [1.29, 1.82) is 0 Å². The maximum Gasteiger partial charge on any atom is 0.148 e. The Morgan fingerprint density at radius 2 is 0.681 bits per heavy atom. The molecule has 0 unspecified atom stereocenters. The van der Waals surface area contributed by atoms with Gasteiger partial charge in [0.25, 0.3) is 0 Å². The molecule has 2 aliphatic carbocycles. The van der Waals surface area contributed by atoms with Crippen LogP contribution < -0.4 is 14.2 Å². The van der Waals surface area contributed by atoms with E-state index in [1.165, 1.54) is 0 Å². The Hall–Kier alpha value is -9.16. The molecule has 10 aromatic rings. The second-order valence-electron chi connectivity index (χ2n) is 17.5. The van der Waals surface area contributed by atoms with Crippen molar-refractivity contribution in [1.82, 2.24) is 0 Å². The average Bonchev–Trinajstić information content (AvgIpc) is 3.86. The Labute approximate surface area is 400 Å². The van der Waals surface area contributed by atoms with Crippen LogP contribution in [0.4, 0.5) is 0 Å². The molecule has 0 spiro atoms. The number of rotatable bonds is 10. The number of terminal acetylenes is 2. The summed E-state index contributed by atoms with van der Waals surface area (Å²) in [6.07, 6.45) is 11.2. The smallest absolute Gasteiger partial charge is 0.148 e. The lowest BCUT2D eigenvalue weighted by Crippen LogP contribution is -2.29. The molecule has 5 nitrogen and oxygen atoms in total. The third-order valence-electron chi connectivity index (χ3n) is 14.1. The first-order valence-electron chi connectivity index (χ1n) is 22.9. The fourth-order valence-electron chi connectivity index (χ4n) is 11.4. The van der Waals surface area contributed by atoms with Gasteiger partial charge in [-0.3, -0.25) is 0 Å². The highest BCUT2D eigenvalue weighted by atomic mass is 16.5. The summed E-state index contributed by atoms with van der Waals surface area (Å²) in [6.45, 7) is 0.258. The molecular weight excluding hydrogens is 849 g/mol. The van der Waals surface area contributed by atoms with Gasteiger partial charge >= 0.3 is 0 Å². The van der Waals surface area contributed by atoms with Gasteiger partial charge in [0.15, 0.2) is 0 Å². The number of ether oxygens (including phenoxy) is 3. The third kappa shape index (κ3) is 6.22. The van der Waals surface area contributed by atoms with Crippen molar-refractivity contribution in [2.45, 2.75) is 10.8 Å². The van der Waals surface area contributed by atoms with Crippen LogP contribution in [0.1, 0.15) is 44.5 Å². The molecule has 12 rings (SSSR count). The molecule has 328 valence electrons. The Morgan fingerprint density at radius 1 is 0.348 bits per heavy atom. The number of hydrogen-bond donors (Lipinski definition) is 2. The summed E-state index contributed by atoms with van der Waals surface area (Å²) in [6, 6.07) is 70.1. The van der Waals surface area contributed by atoms with E-state index in [0.29, 0.717) is 33.8 Å². The number of hydrogen-bond acceptors (Lipinski definition) is 5. The summed E-state index contributed by atoms with van der Waals surface area (Å²) < 4.78 is 18.6. The first-order chi connectivity index (χ1) is 33.9. The van der Waals surface area contributed by atoms with E-state index in [1.807, 2.05) is 72.8 Å². The molecule has 0 heterocycles. The predicted molar refractivity (Wildman–Crippen MR) is 275 cm³/mol. The number of aromatic hydroxyl groups is 2. The molecule has 5 heteroatoms. The van der Waals surface area contributed by atoms with Gasteiger partial charge in [-0.15, -0.1) is 12.8 Å². The van der Waals surface area contributed by atoms with Gasteiger partial charge in [0.2, 0.25) is 0 Å². The molecule has 2 aliphatic rings. The van der Waals surface area contributed by atoms with Gasteiger partial charge in [0, 0.05) is 10.8 Å². The van der Waals surface area contributed by atoms with Gasteiger partial charge < -0.3 is 24.4 Å². The molecule has 0 amide bonds. The van der Waals surface area contributed by atoms with Crippen LogP contribution in [-0.2, 0) is 10.8 Å². The fraction of sp³-hybridized carbons (Fsp3) is 0.0625. The molecule has 0 saturated heterocycles. The zero-order valence-corrected chi connectivity index (χ0v) is 37.3. The molecule has 0 aliphatic heterocycles. The number of benzene rings is 10. The minimum absolute atomic E-state index is 0.129. The second-order valence-corrected chi connectivity index (χ2v) is 17.5. The Kier molecular flexibility index (Phi) is 9.76. The minimum Gasteiger partial charge on any atom is -0.507 e. The van der Waals surface area contributed by atoms with Crippen LogP contribution in [0, 0.1) is 24.7 Å². The highest BCUT2D eigenvalue weighted by molar-refractivity contribution is 5.99. The summed E-state index contributed by atoms with van der Waals surface area (Å²) in [7, 11) is 0. The van der Waals surface area contributed by atoms with Crippen molar-refractivity contribution >= 4 is 21.5 Å². The number of phenolic OH excluding ortho intramolecular Hbond substituents is 2. The highest BCUT2D eigenvalue weighted by Crippen LogP contribution is 2.60. The summed E-state index contributed by atoms with van der Waals surface area (Å²) in [5.74, 6) is 8.12. The predicted octanol–water partition coefficient (Wildman–Crippen LogP) is 13.9. The molecule has 69 heavy (non-hydrogen) atoms. The Bertz CT molecular complexity index is 3420. The van der Waals surface area contributed by atoms with Crippen LogP contribution in [0.5, 0.6) is 34.5 Å². The molecule has 0 fully saturated rings. The first kappa shape index (κ1) is 41.3. The zero-order valence-electron chi connectivity index (χ0n) is 37.3. The number of fused-ring (bicyclic) bond motifs is 8. The van der Waals surface area contributed by atoms with Gasteiger partial charge in [0.1, 0.15) is 47.7 Å². The van der Waals surface area contributed by atoms with Crippen LogP contribution >= 0.6 is 0 Å². The number of phenols is 2. The van der Waals surface area contributed by atoms with Crippen molar-refractivity contribution in [3.05, 3.63) is 251 Å². The molecule has 0 aromatic heterocycles. The normalized spacial score (nSPS) is 13.4. The zero-order chi connectivity index (χ0) is 46.7. The van der Waals surface area contributed by atoms with E-state index < -0.39 is 10.8 Å². The van der Waals surface area contributed by atoms with Crippen molar-refractivity contribution in [2.75, 3.05) is 13.2 Å². The van der Waals surface area contributed by atoms with E-state index in [-0.39, 0.29) is 24.7 Å². The average molecular weight is 891 g/mol. The SMILES string of the molecule is C#CCOc1ccc2c(O)ccc(C3(c4ccc(Oc5ccc(C6(c7ccc(O)c8ccc(OCC#C)cc78)c7ccccc7-c7ccccc76)cc5)cc4)c4ccccc4-c4ccccc43)c2c1. The lowest BCUT2D eigenvalue weighted by Gasteiger charge is -2.35. The van der Waals surface area contributed by atoms with Gasteiger partial charge in [-0.2, -0.15) is 0 Å². The highest BCUT2D eigenvalue weighted by Gasteiger charge is 2.48. The van der Waals surface area contributed by atoms with Crippen LogP contribution in [0.15, 0.2) is 206 Å². The lowest BCUT2D eigenvalue weighted by molar-refractivity contribution is 0.370. The van der Waals surface area contributed by atoms with Gasteiger partial charge in [0.05, 0.1) is 10.8 Å². The van der Waals surface area contributed by atoms with Crippen LogP contribution in [-0.4, -0.2) is 23.4 Å². The molecule has 0 bridgehead atoms. The maximum absolute atomic E-state index is 11.2. The molecular formula is C64H42O5. The van der Waals surface area contributed by atoms with E-state index in [4.69, 9.17) is 27.1 Å². The van der Waals surface area contributed by atoms with Crippen molar-refractivity contribution in [2.24, 2.45) is 0 Å². The van der Waals surface area contributed by atoms with Gasteiger partial charge in [-0.25, -0.2) is 0 Å². The van der Waals surface area contributed by atoms with E-state index in [2.05, 4.69) is 133 Å². The van der Waals surface area contributed by atoms with Crippen molar-refractivity contribution in [3.8, 4) is 81.4 Å². The Morgan fingerprint density at radius 3 is 1.03 bits per heavy atom. The Balaban J connectivity index is 0.976. The maximum atomic E-state index is 11.2. The third-order valence-corrected chi connectivity index (χ3v) is 14.1. The molecule has 2 N–H and O–H groups in total. The fourth-order valence-corrected chi connectivity index (χ4v) is 11.4. The minimum atomic E-state index is -0.765. The molecule has 0 saturated carbocycles. The summed E-state index contributed by atoms with van der Waals surface area (Å²) in [5.41, 5.74) is 11.7. The quantitative estimate of drug-likeness (QED) is 0.134. The summed E-state index contributed by atoms with van der Waals surface area (Å²) in [4.78, 5) is 0. The van der Waals surface area contributed by atoms with E-state index in [0.717, 1.165) is 77.5 Å². The summed E-state index contributed by atoms with van der Waals surface area (Å²) in [5, 5.41) is 25.6. The molecule has 10 aromatic carbocycles. The largest absolute Gasteiger partial charge is 0.507 e. The topological polar surface area (TPSA) is 68.2 Å². The van der Waals surface area contributed by atoms with Crippen LogP contribution in [0.25, 0.3) is 43.8 Å². The van der Waals surface area contributed by atoms with Crippen LogP contribution in [0.3, 0.4) is 0 Å². The van der Waals surface area contributed by atoms with E-state index in [1.54, 1.807) is 12.1 Å². The van der Waals surface area contributed by atoms with Crippen molar-refractivity contribution < 1.29 is 24.4 Å². The first-order valence-corrected chi connectivity index (χ1v) is 22.9.